The van der Waals surface area contributed by atoms with E-state index in [9.17, 15) is 5.26 Å². The quantitative estimate of drug-likeness (QED) is 0.737. The minimum absolute atomic E-state index is 0.122. The van der Waals surface area contributed by atoms with E-state index in [-0.39, 0.29) is 11.3 Å². The molecular weight excluding hydrogens is 208 g/mol. The lowest BCUT2D eigenvalue weighted by molar-refractivity contribution is 0.217. The molecular formula is C15H20N2. The first-order chi connectivity index (χ1) is 8.03. The summed E-state index contributed by atoms with van der Waals surface area (Å²) in [6, 6.07) is 11.0. The molecule has 0 amide bonds. The predicted octanol–water partition coefficient (Wildman–Crippen LogP) is 3.37. The lowest BCUT2D eigenvalue weighted by Gasteiger charge is -2.41. The van der Waals surface area contributed by atoms with Crippen LogP contribution in [0.4, 0.5) is 5.69 Å². The summed E-state index contributed by atoms with van der Waals surface area (Å²) in [7, 11) is 0. The zero-order valence-corrected chi connectivity index (χ0v) is 10.9. The van der Waals surface area contributed by atoms with Gasteiger partial charge >= 0.3 is 0 Å². The van der Waals surface area contributed by atoms with Crippen LogP contribution in [0.15, 0.2) is 24.3 Å². The SMILES string of the molecule is Cc1cccc(N2CCC(C)(C)C(C#N)C2)c1. The molecule has 2 rings (SSSR count). The second-order valence-corrected chi connectivity index (χ2v) is 5.71. The van der Waals surface area contributed by atoms with Gasteiger partial charge in [0.2, 0.25) is 0 Å². The van der Waals surface area contributed by atoms with Gasteiger partial charge in [0.25, 0.3) is 0 Å². The Labute approximate surface area is 104 Å². The number of hydrogen-bond donors (Lipinski definition) is 0. The van der Waals surface area contributed by atoms with Crippen molar-refractivity contribution in [1.82, 2.24) is 0 Å². The van der Waals surface area contributed by atoms with Crippen LogP contribution in [0.2, 0.25) is 0 Å². The molecule has 1 saturated heterocycles. The van der Waals surface area contributed by atoms with E-state index in [0.717, 1.165) is 19.5 Å². The number of rotatable bonds is 1. The molecule has 0 spiro atoms. The Kier molecular flexibility index (Phi) is 3.11. The maximum Gasteiger partial charge on any atom is 0.0690 e. The molecule has 0 N–H and O–H groups in total. The number of anilines is 1. The first-order valence-corrected chi connectivity index (χ1v) is 6.24. The molecule has 1 aliphatic rings. The van der Waals surface area contributed by atoms with Crippen LogP contribution in [-0.4, -0.2) is 13.1 Å². The molecule has 1 aromatic rings. The largest absolute Gasteiger partial charge is 0.370 e. The fourth-order valence-electron chi connectivity index (χ4n) is 2.43. The van der Waals surface area contributed by atoms with Crippen molar-refractivity contribution in [3.63, 3.8) is 0 Å². The second kappa shape index (κ2) is 4.41. The van der Waals surface area contributed by atoms with Crippen molar-refractivity contribution in [1.29, 1.82) is 5.26 Å². The molecule has 0 aromatic heterocycles. The van der Waals surface area contributed by atoms with Gasteiger partial charge in [-0.3, -0.25) is 0 Å². The van der Waals surface area contributed by atoms with E-state index in [0.29, 0.717) is 0 Å². The summed E-state index contributed by atoms with van der Waals surface area (Å²) in [5.74, 6) is 0.122. The summed E-state index contributed by atoms with van der Waals surface area (Å²) < 4.78 is 0. The standard InChI is InChI=1S/C15H20N2/c1-12-5-4-6-14(9-12)17-8-7-15(2,3)13(10-16)11-17/h4-6,9,13H,7-8,11H2,1-3H3. The first-order valence-electron chi connectivity index (χ1n) is 6.24. The fraction of sp³-hybridized carbons (Fsp3) is 0.533. The van der Waals surface area contributed by atoms with Crippen LogP contribution in [-0.2, 0) is 0 Å². The van der Waals surface area contributed by atoms with Crippen molar-refractivity contribution < 1.29 is 0 Å². The molecule has 90 valence electrons. The number of benzene rings is 1. The Morgan fingerprint density at radius 3 is 2.82 bits per heavy atom. The summed E-state index contributed by atoms with van der Waals surface area (Å²) >= 11 is 0. The molecule has 1 unspecified atom stereocenters. The zero-order valence-electron chi connectivity index (χ0n) is 10.9. The number of nitrogens with zero attached hydrogens (tertiary/aromatic N) is 2. The van der Waals surface area contributed by atoms with E-state index in [1.54, 1.807) is 0 Å². The van der Waals surface area contributed by atoms with Gasteiger partial charge in [-0.2, -0.15) is 5.26 Å². The average molecular weight is 228 g/mol. The molecule has 0 aliphatic carbocycles. The molecule has 1 atom stereocenters. The van der Waals surface area contributed by atoms with Crippen LogP contribution in [0, 0.1) is 29.6 Å². The number of hydrogen-bond acceptors (Lipinski definition) is 2. The molecule has 0 radical (unpaired) electrons. The molecule has 17 heavy (non-hydrogen) atoms. The molecule has 1 fully saturated rings. The number of aryl methyl sites for hydroxylation is 1. The van der Waals surface area contributed by atoms with Gasteiger partial charge in [-0.15, -0.1) is 0 Å². The van der Waals surface area contributed by atoms with Gasteiger partial charge in [0.1, 0.15) is 0 Å². The maximum atomic E-state index is 9.27. The van der Waals surface area contributed by atoms with Crippen molar-refractivity contribution in [3.05, 3.63) is 29.8 Å². The third kappa shape index (κ3) is 2.44. The minimum atomic E-state index is 0.122. The Balaban J connectivity index is 2.18. The van der Waals surface area contributed by atoms with Crippen LogP contribution in [0.5, 0.6) is 0 Å². The topological polar surface area (TPSA) is 27.0 Å². The van der Waals surface area contributed by atoms with E-state index in [4.69, 9.17) is 0 Å². The zero-order chi connectivity index (χ0) is 12.5. The Hall–Kier alpha value is -1.49. The second-order valence-electron chi connectivity index (χ2n) is 5.71. The lowest BCUT2D eigenvalue weighted by atomic mass is 9.74. The van der Waals surface area contributed by atoms with Crippen LogP contribution < -0.4 is 4.90 Å². The normalized spacial score (nSPS) is 23.2. The Morgan fingerprint density at radius 2 is 2.18 bits per heavy atom. The van der Waals surface area contributed by atoms with Gasteiger partial charge < -0.3 is 4.90 Å². The van der Waals surface area contributed by atoms with E-state index in [2.05, 4.69) is 56.0 Å². The highest BCUT2D eigenvalue weighted by molar-refractivity contribution is 5.49. The van der Waals surface area contributed by atoms with Gasteiger partial charge in [0, 0.05) is 18.8 Å². The van der Waals surface area contributed by atoms with Crippen LogP contribution in [0.1, 0.15) is 25.8 Å². The van der Waals surface area contributed by atoms with Gasteiger partial charge in [0.15, 0.2) is 0 Å². The molecule has 1 aliphatic heterocycles. The smallest absolute Gasteiger partial charge is 0.0690 e. The third-order valence-corrected chi connectivity index (χ3v) is 3.89. The fourth-order valence-corrected chi connectivity index (χ4v) is 2.43. The molecule has 2 heteroatoms. The van der Waals surface area contributed by atoms with Crippen LogP contribution in [0.3, 0.4) is 0 Å². The van der Waals surface area contributed by atoms with Crippen molar-refractivity contribution in [2.45, 2.75) is 27.2 Å². The summed E-state index contributed by atoms with van der Waals surface area (Å²) in [5, 5.41) is 9.27. The van der Waals surface area contributed by atoms with Crippen LogP contribution >= 0.6 is 0 Å². The van der Waals surface area contributed by atoms with Crippen molar-refractivity contribution in [2.75, 3.05) is 18.0 Å². The Bertz CT molecular complexity index is 442. The lowest BCUT2D eigenvalue weighted by Crippen LogP contribution is -2.44. The molecule has 2 nitrogen and oxygen atoms in total. The first kappa shape index (κ1) is 12.0. The van der Waals surface area contributed by atoms with Gasteiger partial charge in [0.05, 0.1) is 12.0 Å². The van der Waals surface area contributed by atoms with Gasteiger partial charge in [-0.25, -0.2) is 0 Å². The Morgan fingerprint density at radius 1 is 1.41 bits per heavy atom. The summed E-state index contributed by atoms with van der Waals surface area (Å²) in [6.07, 6.45) is 1.08. The highest BCUT2D eigenvalue weighted by Crippen LogP contribution is 2.36. The highest BCUT2D eigenvalue weighted by atomic mass is 15.1. The number of piperidine rings is 1. The predicted molar refractivity (Wildman–Crippen MR) is 70.9 cm³/mol. The van der Waals surface area contributed by atoms with E-state index in [1.807, 2.05) is 0 Å². The molecule has 0 saturated carbocycles. The molecule has 0 bridgehead atoms. The summed E-state index contributed by atoms with van der Waals surface area (Å²) in [5.41, 5.74) is 2.68. The highest BCUT2D eigenvalue weighted by Gasteiger charge is 2.35. The third-order valence-electron chi connectivity index (χ3n) is 3.89. The van der Waals surface area contributed by atoms with E-state index in [1.165, 1.54) is 11.3 Å². The van der Waals surface area contributed by atoms with Gasteiger partial charge in [-0.05, 0) is 36.5 Å². The molecule has 1 heterocycles. The van der Waals surface area contributed by atoms with Crippen molar-refractivity contribution in [3.8, 4) is 6.07 Å². The minimum Gasteiger partial charge on any atom is -0.370 e. The van der Waals surface area contributed by atoms with E-state index < -0.39 is 0 Å². The van der Waals surface area contributed by atoms with Gasteiger partial charge in [-0.1, -0.05) is 26.0 Å². The molecule has 1 aromatic carbocycles. The average Bonchev–Trinajstić information content (AvgIpc) is 2.28. The monoisotopic (exact) mass is 228 g/mol. The van der Waals surface area contributed by atoms with Crippen LogP contribution in [0.25, 0.3) is 0 Å². The van der Waals surface area contributed by atoms with E-state index >= 15 is 0 Å². The van der Waals surface area contributed by atoms with Crippen molar-refractivity contribution >= 4 is 5.69 Å². The summed E-state index contributed by atoms with van der Waals surface area (Å²) in [4.78, 5) is 2.34. The number of nitriles is 1. The summed E-state index contributed by atoms with van der Waals surface area (Å²) in [6.45, 7) is 8.42. The van der Waals surface area contributed by atoms with Crippen molar-refractivity contribution in [2.24, 2.45) is 11.3 Å². The maximum absolute atomic E-state index is 9.27.